The molecular weight excluding hydrogens is 1140 g/mol. The second-order valence-corrected chi connectivity index (χ2v) is 20.4. The number of piperazine rings is 2. The Bertz CT molecular complexity index is 2970. The molecule has 6 unspecified atom stereocenters. The van der Waals surface area contributed by atoms with Gasteiger partial charge in [0.2, 0.25) is 0 Å². The summed E-state index contributed by atoms with van der Waals surface area (Å²) in [6.45, 7) is 4.36. The van der Waals surface area contributed by atoms with Gasteiger partial charge in [-0.05, 0) is 46.0 Å². The average Bonchev–Trinajstić information content (AvgIpc) is 1.68. The largest absolute Gasteiger partial charge is 0.445 e. The van der Waals surface area contributed by atoms with Crippen LogP contribution in [0.1, 0.15) is 66.0 Å². The van der Waals surface area contributed by atoms with Crippen molar-refractivity contribution in [2.75, 3.05) is 52.4 Å². The summed E-state index contributed by atoms with van der Waals surface area (Å²) in [5.74, 6) is -0.936. The van der Waals surface area contributed by atoms with Crippen LogP contribution in [0, 0.1) is 0 Å². The molecule has 12 rings (SSSR count). The van der Waals surface area contributed by atoms with Crippen molar-refractivity contribution < 1.29 is 79.1 Å². The number of azide groups is 1. The van der Waals surface area contributed by atoms with Crippen LogP contribution in [0.2, 0.25) is 0 Å². The molecule has 0 saturated carbocycles. The van der Waals surface area contributed by atoms with Gasteiger partial charge in [-0.25, -0.2) is 19.2 Å². The Kier molecular flexibility index (Phi) is 22.8. The number of carbonyl (C=O) groups is 5. The predicted molar refractivity (Wildman–Crippen MR) is 301 cm³/mol. The Balaban J connectivity index is 0.000000190. The van der Waals surface area contributed by atoms with Crippen molar-refractivity contribution in [3.63, 3.8) is 0 Å². The highest BCUT2D eigenvalue weighted by atomic mass is 19.4. The SMILES string of the molecule is C.C.C.O=C(OCc1ccccc1)N1CC2C(C1)N2C(=O)c1cc(C(F)(F)F)cc(C(F)(F)F)c1.O=C(OCc1ccccc1)N1CC2NC2C1.O=C(OCc1ccccc1)N1CC2OC2C1.[N-]=[N+]=N[C@H]1CN(C(=O)OCc2ccccc2)C[C@@H]1O. The maximum absolute atomic E-state index is 13.0. The molecule has 26 heteroatoms. The van der Waals surface area contributed by atoms with Gasteiger partial charge in [0.15, 0.2) is 0 Å². The van der Waals surface area contributed by atoms with Crippen LogP contribution < -0.4 is 5.32 Å². The Morgan fingerprint density at radius 1 is 0.523 bits per heavy atom. The first-order chi connectivity index (χ1) is 39.8. The summed E-state index contributed by atoms with van der Waals surface area (Å²) >= 11 is 0. The molecule has 7 fully saturated rings. The van der Waals surface area contributed by atoms with E-state index in [2.05, 4.69) is 15.3 Å². The van der Waals surface area contributed by atoms with Gasteiger partial charge in [-0.3, -0.25) is 4.79 Å². The molecule has 20 nitrogen and oxygen atoms in total. The first-order valence-corrected chi connectivity index (χ1v) is 26.4. The lowest BCUT2D eigenvalue weighted by Gasteiger charge is -2.21. The van der Waals surface area contributed by atoms with E-state index in [9.17, 15) is 55.4 Å². The first-order valence-electron chi connectivity index (χ1n) is 26.4. The van der Waals surface area contributed by atoms with Crippen LogP contribution in [0.3, 0.4) is 0 Å². The van der Waals surface area contributed by atoms with E-state index >= 15 is 0 Å². The number of aliphatic hydroxyl groups excluding tert-OH is 1. The Labute approximate surface area is 493 Å². The number of morpholine rings is 1. The summed E-state index contributed by atoms with van der Waals surface area (Å²) in [4.78, 5) is 69.9. The molecule has 7 heterocycles. The number of halogens is 6. The zero-order valence-corrected chi connectivity index (χ0v) is 44.3. The smallest absolute Gasteiger partial charge is 0.416 e. The number of nitrogens with one attached hydrogen (secondary N) is 1. The number of β-amino-alcohol motifs (C(OH)–C–C–N with tert-alkyl or cyclic N) is 1. The van der Waals surface area contributed by atoms with Gasteiger partial charge in [0.25, 0.3) is 5.91 Å². The fourth-order valence-electron chi connectivity index (χ4n) is 9.74. The van der Waals surface area contributed by atoms with Gasteiger partial charge < -0.3 is 58.6 Å². The number of fused-ring (bicyclic) bond motifs is 3. The number of alkyl halides is 6. The summed E-state index contributed by atoms with van der Waals surface area (Å²) in [5, 5.41) is 16.3. The molecule has 0 aromatic heterocycles. The zero-order valence-electron chi connectivity index (χ0n) is 44.3. The molecule has 8 atom stereocenters. The van der Waals surface area contributed by atoms with E-state index in [1.807, 2.05) is 97.1 Å². The molecule has 5 aromatic rings. The maximum atomic E-state index is 13.0. The fourth-order valence-corrected chi connectivity index (χ4v) is 9.74. The highest BCUT2D eigenvalue weighted by molar-refractivity contribution is 5.97. The van der Waals surface area contributed by atoms with Crippen molar-refractivity contribution in [2.24, 2.45) is 5.11 Å². The van der Waals surface area contributed by atoms with Crippen molar-refractivity contribution in [3.05, 3.63) is 189 Å². The van der Waals surface area contributed by atoms with Crippen LogP contribution >= 0.6 is 0 Å². The monoisotopic (exact) mass is 1210 g/mol. The molecule has 7 saturated heterocycles. The van der Waals surface area contributed by atoms with Gasteiger partial charge in [-0.15, -0.1) is 0 Å². The third-order valence-electron chi connectivity index (χ3n) is 14.4. The van der Waals surface area contributed by atoms with Gasteiger partial charge in [0.05, 0.1) is 55.0 Å². The van der Waals surface area contributed by atoms with Gasteiger partial charge in [-0.2, -0.15) is 26.3 Å². The molecule has 7 aliphatic heterocycles. The van der Waals surface area contributed by atoms with E-state index in [1.165, 1.54) is 14.7 Å². The van der Waals surface area contributed by atoms with Crippen molar-refractivity contribution >= 4 is 30.3 Å². The highest BCUT2D eigenvalue weighted by Gasteiger charge is 2.58. The molecule has 0 spiro atoms. The topological polar surface area (TPSA) is 242 Å². The molecule has 2 N–H and O–H groups in total. The third-order valence-corrected chi connectivity index (χ3v) is 14.4. The van der Waals surface area contributed by atoms with Crippen LogP contribution in [0.15, 0.2) is 145 Å². The molecule has 0 radical (unpaired) electrons. The van der Waals surface area contributed by atoms with Crippen LogP contribution in [0.5, 0.6) is 0 Å². The van der Waals surface area contributed by atoms with Gasteiger partial charge in [0, 0.05) is 55.3 Å². The average molecular weight is 1210 g/mol. The number of amides is 5. The lowest BCUT2D eigenvalue weighted by atomic mass is 10.0. The maximum Gasteiger partial charge on any atom is 0.416 e. The predicted octanol–water partition coefficient (Wildman–Crippen LogP) is 10.5. The van der Waals surface area contributed by atoms with Crippen LogP contribution in [0.25, 0.3) is 10.4 Å². The van der Waals surface area contributed by atoms with Crippen LogP contribution in [-0.2, 0) is 62.5 Å². The summed E-state index contributed by atoms with van der Waals surface area (Å²) in [7, 11) is 0. The van der Waals surface area contributed by atoms with Crippen molar-refractivity contribution in [1.82, 2.24) is 29.8 Å². The van der Waals surface area contributed by atoms with Crippen LogP contribution in [0.4, 0.5) is 45.5 Å². The van der Waals surface area contributed by atoms with Crippen molar-refractivity contribution in [2.45, 2.75) is 110 Å². The summed E-state index contributed by atoms with van der Waals surface area (Å²) in [6, 6.07) is 38.0. The molecule has 0 aliphatic carbocycles. The normalized spacial score (nSPS) is 22.2. The fraction of sp³-hybridized carbons (Fsp3) is 0.417. The molecular formula is C60H69F6N9O11. The van der Waals surface area contributed by atoms with E-state index in [0.717, 1.165) is 35.3 Å². The lowest BCUT2D eigenvalue weighted by molar-refractivity contribution is -0.143. The van der Waals surface area contributed by atoms with Crippen molar-refractivity contribution in [3.8, 4) is 0 Å². The van der Waals surface area contributed by atoms with Gasteiger partial charge in [0.1, 0.15) is 38.6 Å². The van der Waals surface area contributed by atoms with E-state index in [0.29, 0.717) is 50.5 Å². The number of hydrogen-bond acceptors (Lipinski definition) is 13. The minimum atomic E-state index is -5.04. The number of aliphatic hydroxyl groups is 1. The molecule has 5 aromatic carbocycles. The van der Waals surface area contributed by atoms with Gasteiger partial charge in [-0.1, -0.05) is 149 Å². The van der Waals surface area contributed by atoms with Gasteiger partial charge >= 0.3 is 36.7 Å². The minimum Gasteiger partial charge on any atom is -0.445 e. The number of hydrogen-bond donors (Lipinski definition) is 2. The number of benzene rings is 5. The number of carbonyl (C=O) groups excluding carboxylic acids is 5. The number of rotatable bonds is 10. The Hall–Kier alpha value is -8.58. The van der Waals surface area contributed by atoms with Crippen LogP contribution in [-0.4, -0.2) is 161 Å². The summed E-state index contributed by atoms with van der Waals surface area (Å²) < 4.78 is 104. The molecule has 462 valence electrons. The third kappa shape index (κ3) is 18.0. The summed E-state index contributed by atoms with van der Waals surface area (Å²) in [6.07, 6.45) is -11.9. The number of ether oxygens (including phenoxy) is 5. The molecule has 5 amide bonds. The quantitative estimate of drug-likeness (QED) is 0.0331. The second kappa shape index (κ2) is 29.5. The van der Waals surface area contributed by atoms with Crippen molar-refractivity contribution in [1.29, 1.82) is 0 Å². The summed E-state index contributed by atoms with van der Waals surface area (Å²) in [5.41, 5.74) is 8.26. The van der Waals surface area contributed by atoms with E-state index in [4.69, 9.17) is 29.2 Å². The highest BCUT2D eigenvalue weighted by Crippen LogP contribution is 2.41. The number of likely N-dealkylation sites (tertiary alicyclic amines) is 4. The zero-order chi connectivity index (χ0) is 58.8. The van der Waals surface area contributed by atoms with E-state index in [1.54, 1.807) is 34.1 Å². The number of nitrogens with zero attached hydrogens (tertiary/aromatic N) is 8. The first kappa shape index (κ1) is 66.6. The minimum absolute atomic E-state index is 0. The Morgan fingerprint density at radius 3 is 1.21 bits per heavy atom. The van der Waals surface area contributed by atoms with E-state index in [-0.39, 0.29) is 92.1 Å². The second-order valence-electron chi connectivity index (χ2n) is 20.4. The Morgan fingerprint density at radius 2 is 0.860 bits per heavy atom. The molecule has 0 bridgehead atoms. The molecule has 7 aliphatic rings. The molecule has 86 heavy (non-hydrogen) atoms. The van der Waals surface area contributed by atoms with E-state index < -0.39 is 71.4 Å². The lowest BCUT2D eigenvalue weighted by Crippen LogP contribution is -2.36. The standard InChI is InChI=1S/C21H16F6N2O3.C12H14N4O3.C12H14N2O2.C12H13NO3.3CH4/c22-20(23,24)14-6-13(7-15(8-14)21(25,26)27)18(30)29-16-9-28(10-17(16)29)19(31)32-11-12-4-2-1-3-5-12;13-15-14-10-6-16(7-11(10)17)12(18)19-8-9-4-2-1-3-5-9;15-12(14-6-10-11(7-14)13-10)16-8-9-4-2-1-3-5-9;14-12(13-6-10-11(7-13)16-10)15-8-9-4-2-1-3-5-9;;;/h1-8,16-17H,9-11H2;1-5,10-11,17H,6-8H2;1-5,10-11,13H,6-8H2;1-5,10-11H,6-8H2;3*1H4/t;10-,11-;;;;;/m.0...../s1. The number of epoxide rings is 1.